The van der Waals surface area contributed by atoms with Crippen LogP contribution < -0.4 is 5.32 Å². The van der Waals surface area contributed by atoms with Gasteiger partial charge in [0.25, 0.3) is 0 Å². The van der Waals surface area contributed by atoms with Gasteiger partial charge in [-0.15, -0.1) is 23.1 Å². The molecule has 2 rings (SSSR count). The lowest BCUT2D eigenvalue weighted by atomic mass is 10.2. The molecule has 0 aliphatic carbocycles. The Balaban J connectivity index is 1.69. The number of aryl methyl sites for hydroxylation is 2. The number of carbonyl (C=O) groups excluding carboxylic acids is 1. The predicted octanol–water partition coefficient (Wildman–Crippen LogP) is 3.21. The second-order valence-electron chi connectivity index (χ2n) is 4.51. The summed E-state index contributed by atoms with van der Waals surface area (Å²) in [4.78, 5) is 17.3. The first-order valence-electron chi connectivity index (χ1n) is 6.51. The number of thioether (sulfide) groups is 1. The fourth-order valence-corrected chi connectivity index (χ4v) is 3.27. The smallest absolute Gasteiger partial charge is 0.230 e. The molecule has 1 N–H and O–H groups in total. The quantitative estimate of drug-likeness (QED) is 0.833. The number of rotatable bonds is 6. The van der Waals surface area contributed by atoms with Gasteiger partial charge < -0.3 is 5.32 Å². The third-order valence-corrected chi connectivity index (χ3v) is 4.82. The molecule has 0 radical (unpaired) electrons. The minimum absolute atomic E-state index is 0.0743. The van der Waals surface area contributed by atoms with E-state index in [0.717, 1.165) is 22.0 Å². The summed E-state index contributed by atoms with van der Waals surface area (Å²) in [5, 5.41) is 6.05. The normalized spacial score (nSPS) is 10.5. The van der Waals surface area contributed by atoms with E-state index in [2.05, 4.69) is 23.3 Å². The number of thiazole rings is 1. The van der Waals surface area contributed by atoms with Gasteiger partial charge in [-0.05, 0) is 25.5 Å². The van der Waals surface area contributed by atoms with Crippen LogP contribution in [0, 0.1) is 13.8 Å². The maximum atomic E-state index is 11.8. The maximum absolute atomic E-state index is 11.8. The Morgan fingerprint density at radius 1 is 1.35 bits per heavy atom. The summed E-state index contributed by atoms with van der Waals surface area (Å²) < 4.78 is 0. The largest absolute Gasteiger partial charge is 0.355 e. The van der Waals surface area contributed by atoms with Gasteiger partial charge in [0.15, 0.2) is 0 Å². The van der Waals surface area contributed by atoms with E-state index in [1.54, 1.807) is 23.1 Å². The number of nitrogens with one attached hydrogen (secondary N) is 1. The fourth-order valence-electron chi connectivity index (χ4n) is 1.77. The zero-order valence-corrected chi connectivity index (χ0v) is 13.3. The standard InChI is InChI=1S/C15H18N2OS2/c1-11-5-3-4-6-14(11)20-10-15(18)16-8-7-13-9-19-12(2)17-13/h3-6,9H,7-8,10H2,1-2H3,(H,16,18). The minimum Gasteiger partial charge on any atom is -0.355 e. The van der Waals surface area contributed by atoms with Crippen molar-refractivity contribution in [2.45, 2.75) is 25.2 Å². The molecule has 3 nitrogen and oxygen atoms in total. The first-order valence-corrected chi connectivity index (χ1v) is 8.38. The van der Waals surface area contributed by atoms with Crippen molar-refractivity contribution in [2.75, 3.05) is 12.3 Å². The third kappa shape index (κ3) is 4.65. The van der Waals surface area contributed by atoms with Crippen molar-refractivity contribution < 1.29 is 4.79 Å². The fraction of sp³-hybridized carbons (Fsp3) is 0.333. The van der Waals surface area contributed by atoms with Crippen molar-refractivity contribution in [1.82, 2.24) is 10.3 Å². The second kappa shape index (κ2) is 7.45. The highest BCUT2D eigenvalue weighted by Gasteiger charge is 2.05. The average molecular weight is 306 g/mol. The molecular formula is C15H18N2OS2. The maximum Gasteiger partial charge on any atom is 0.230 e. The Kier molecular flexibility index (Phi) is 5.61. The molecular weight excluding hydrogens is 288 g/mol. The van der Waals surface area contributed by atoms with Gasteiger partial charge in [0, 0.05) is 23.2 Å². The summed E-state index contributed by atoms with van der Waals surface area (Å²) in [6, 6.07) is 8.11. The molecule has 106 valence electrons. The summed E-state index contributed by atoms with van der Waals surface area (Å²) in [5.74, 6) is 0.534. The van der Waals surface area contributed by atoms with Crippen molar-refractivity contribution in [1.29, 1.82) is 0 Å². The van der Waals surface area contributed by atoms with E-state index < -0.39 is 0 Å². The Hall–Kier alpha value is -1.33. The van der Waals surface area contributed by atoms with Crippen molar-refractivity contribution in [2.24, 2.45) is 0 Å². The van der Waals surface area contributed by atoms with Crippen LogP contribution >= 0.6 is 23.1 Å². The van der Waals surface area contributed by atoms with Gasteiger partial charge in [0.2, 0.25) is 5.91 Å². The lowest BCUT2D eigenvalue weighted by molar-refractivity contribution is -0.118. The van der Waals surface area contributed by atoms with Crippen LogP contribution in [0.2, 0.25) is 0 Å². The minimum atomic E-state index is 0.0743. The molecule has 1 heterocycles. The summed E-state index contributed by atoms with van der Waals surface area (Å²) in [5.41, 5.74) is 2.27. The van der Waals surface area contributed by atoms with Crippen LogP contribution in [0.25, 0.3) is 0 Å². The van der Waals surface area contributed by atoms with Gasteiger partial charge >= 0.3 is 0 Å². The number of hydrogen-bond acceptors (Lipinski definition) is 4. The topological polar surface area (TPSA) is 42.0 Å². The van der Waals surface area contributed by atoms with Gasteiger partial charge in [0.05, 0.1) is 16.5 Å². The Morgan fingerprint density at radius 2 is 2.15 bits per heavy atom. The molecule has 1 amide bonds. The van der Waals surface area contributed by atoms with Gasteiger partial charge in [0.1, 0.15) is 0 Å². The van der Waals surface area contributed by atoms with Crippen LogP contribution in [0.15, 0.2) is 34.5 Å². The van der Waals surface area contributed by atoms with Crippen LogP contribution in [0.5, 0.6) is 0 Å². The average Bonchev–Trinajstić information content (AvgIpc) is 2.83. The summed E-state index contributed by atoms with van der Waals surface area (Å²) >= 11 is 3.22. The SMILES string of the molecule is Cc1nc(CCNC(=O)CSc2ccccc2C)cs1. The number of carbonyl (C=O) groups is 1. The van der Waals surface area contributed by atoms with Gasteiger partial charge in [-0.1, -0.05) is 18.2 Å². The lowest BCUT2D eigenvalue weighted by Gasteiger charge is -2.06. The van der Waals surface area contributed by atoms with E-state index in [0.29, 0.717) is 12.3 Å². The van der Waals surface area contributed by atoms with Gasteiger partial charge in [-0.25, -0.2) is 4.98 Å². The second-order valence-corrected chi connectivity index (χ2v) is 6.59. The molecule has 2 aromatic rings. The van der Waals surface area contributed by atoms with Crippen molar-refractivity contribution in [3.05, 3.63) is 45.9 Å². The number of amides is 1. The van der Waals surface area contributed by atoms with Crippen molar-refractivity contribution in [3.63, 3.8) is 0 Å². The molecule has 0 bridgehead atoms. The highest BCUT2D eigenvalue weighted by molar-refractivity contribution is 8.00. The van der Waals surface area contributed by atoms with E-state index in [4.69, 9.17) is 0 Å². The first kappa shape index (κ1) is 15.1. The molecule has 1 aromatic carbocycles. The molecule has 1 aromatic heterocycles. The number of benzene rings is 1. The number of nitrogens with zero attached hydrogens (tertiary/aromatic N) is 1. The van der Waals surface area contributed by atoms with E-state index >= 15 is 0 Å². The van der Waals surface area contributed by atoms with Crippen molar-refractivity contribution >= 4 is 29.0 Å². The Labute approximate surface area is 127 Å². The van der Waals surface area contributed by atoms with E-state index in [1.165, 1.54) is 5.56 Å². The Morgan fingerprint density at radius 3 is 2.85 bits per heavy atom. The summed E-state index contributed by atoms with van der Waals surface area (Å²) in [6.45, 7) is 4.70. The summed E-state index contributed by atoms with van der Waals surface area (Å²) in [7, 11) is 0. The molecule has 0 aliphatic heterocycles. The first-order chi connectivity index (χ1) is 9.65. The van der Waals surface area contributed by atoms with Crippen molar-refractivity contribution in [3.8, 4) is 0 Å². The van der Waals surface area contributed by atoms with Crippen LogP contribution in [-0.4, -0.2) is 23.2 Å². The van der Waals surface area contributed by atoms with Crippen LogP contribution in [0.4, 0.5) is 0 Å². The van der Waals surface area contributed by atoms with E-state index in [9.17, 15) is 4.79 Å². The zero-order chi connectivity index (χ0) is 14.4. The summed E-state index contributed by atoms with van der Waals surface area (Å²) in [6.07, 6.45) is 0.797. The monoisotopic (exact) mass is 306 g/mol. The molecule has 0 aliphatic rings. The van der Waals surface area contributed by atoms with Crippen LogP contribution in [0.1, 0.15) is 16.3 Å². The molecule has 5 heteroatoms. The van der Waals surface area contributed by atoms with Crippen LogP contribution in [0.3, 0.4) is 0 Å². The predicted molar refractivity (Wildman–Crippen MR) is 85.5 cm³/mol. The van der Waals surface area contributed by atoms with E-state index in [-0.39, 0.29) is 5.91 Å². The van der Waals surface area contributed by atoms with Crippen LogP contribution in [-0.2, 0) is 11.2 Å². The highest BCUT2D eigenvalue weighted by atomic mass is 32.2. The highest BCUT2D eigenvalue weighted by Crippen LogP contribution is 2.21. The van der Waals surface area contributed by atoms with E-state index in [1.807, 2.05) is 30.5 Å². The Bertz CT molecular complexity index is 581. The molecule has 0 spiro atoms. The molecule has 0 saturated carbocycles. The molecule has 0 fully saturated rings. The van der Waals surface area contributed by atoms with Gasteiger partial charge in [-0.2, -0.15) is 0 Å². The molecule has 0 saturated heterocycles. The molecule has 0 atom stereocenters. The zero-order valence-electron chi connectivity index (χ0n) is 11.7. The molecule has 20 heavy (non-hydrogen) atoms. The molecule has 0 unspecified atom stereocenters. The number of hydrogen-bond donors (Lipinski definition) is 1. The third-order valence-electron chi connectivity index (χ3n) is 2.82. The lowest BCUT2D eigenvalue weighted by Crippen LogP contribution is -2.27. The number of aromatic nitrogens is 1. The van der Waals surface area contributed by atoms with Gasteiger partial charge in [-0.3, -0.25) is 4.79 Å².